The van der Waals surface area contributed by atoms with Crippen molar-refractivity contribution in [1.82, 2.24) is 0 Å². The number of thioether (sulfide) groups is 1. The Labute approximate surface area is 132 Å². The van der Waals surface area contributed by atoms with Gasteiger partial charge in [-0.3, -0.25) is 0 Å². The van der Waals surface area contributed by atoms with Crippen LogP contribution in [0.3, 0.4) is 0 Å². The van der Waals surface area contributed by atoms with Gasteiger partial charge in [0.15, 0.2) is 0 Å². The van der Waals surface area contributed by atoms with E-state index in [9.17, 15) is 20.4 Å². The third kappa shape index (κ3) is 2.86. The predicted octanol–water partition coefficient (Wildman–Crippen LogP) is 0.732. The van der Waals surface area contributed by atoms with Gasteiger partial charge in [0.05, 0.1) is 6.61 Å². The number of aliphatic hydroxyl groups excluding tert-OH is 4. The molecule has 1 saturated heterocycles. The van der Waals surface area contributed by atoms with Gasteiger partial charge in [0, 0.05) is 4.90 Å². The van der Waals surface area contributed by atoms with E-state index in [2.05, 4.69) is 0 Å². The van der Waals surface area contributed by atoms with Gasteiger partial charge in [0.25, 0.3) is 0 Å². The van der Waals surface area contributed by atoms with E-state index in [0.717, 1.165) is 15.7 Å². The number of benzene rings is 2. The first-order valence-electron chi connectivity index (χ1n) is 7.07. The lowest BCUT2D eigenvalue weighted by Gasteiger charge is -2.39. The first-order valence-corrected chi connectivity index (χ1v) is 7.94. The predicted molar refractivity (Wildman–Crippen MR) is 83.6 cm³/mol. The monoisotopic (exact) mass is 322 g/mol. The van der Waals surface area contributed by atoms with Crippen LogP contribution in [-0.4, -0.2) is 56.9 Å². The average molecular weight is 322 g/mol. The zero-order valence-electron chi connectivity index (χ0n) is 11.7. The molecule has 3 rings (SSSR count). The molecule has 1 aliphatic rings. The Morgan fingerprint density at radius 2 is 1.64 bits per heavy atom. The highest BCUT2D eigenvalue weighted by atomic mass is 32.2. The Morgan fingerprint density at radius 3 is 2.41 bits per heavy atom. The van der Waals surface area contributed by atoms with Gasteiger partial charge in [-0.15, -0.1) is 0 Å². The molecule has 22 heavy (non-hydrogen) atoms. The molecular formula is C16H18O5S. The Balaban J connectivity index is 1.87. The number of aliphatic hydroxyl groups is 4. The third-order valence-corrected chi connectivity index (χ3v) is 5.07. The molecule has 2 aromatic carbocycles. The van der Waals surface area contributed by atoms with Gasteiger partial charge in [-0.1, -0.05) is 48.2 Å². The van der Waals surface area contributed by atoms with Crippen molar-refractivity contribution in [3.05, 3.63) is 42.5 Å². The zero-order valence-corrected chi connectivity index (χ0v) is 12.6. The molecule has 6 heteroatoms. The molecule has 5 unspecified atom stereocenters. The minimum absolute atomic E-state index is 0.419. The molecule has 1 heterocycles. The second-order valence-corrected chi connectivity index (χ2v) is 6.43. The Bertz CT molecular complexity index is 642. The van der Waals surface area contributed by atoms with Crippen molar-refractivity contribution in [2.45, 2.75) is 34.7 Å². The molecule has 5 nitrogen and oxygen atoms in total. The number of hydrogen-bond donors (Lipinski definition) is 4. The van der Waals surface area contributed by atoms with Crippen molar-refractivity contribution in [2.75, 3.05) is 6.61 Å². The quantitative estimate of drug-likeness (QED) is 0.666. The first kappa shape index (κ1) is 15.7. The zero-order chi connectivity index (χ0) is 15.7. The van der Waals surface area contributed by atoms with Crippen molar-refractivity contribution in [3.63, 3.8) is 0 Å². The Kier molecular flexibility index (Phi) is 4.67. The second-order valence-electron chi connectivity index (χ2n) is 5.29. The van der Waals surface area contributed by atoms with E-state index >= 15 is 0 Å². The van der Waals surface area contributed by atoms with E-state index in [1.54, 1.807) is 0 Å². The summed E-state index contributed by atoms with van der Waals surface area (Å²) >= 11 is 1.27. The minimum Gasteiger partial charge on any atom is -0.394 e. The molecule has 0 amide bonds. The van der Waals surface area contributed by atoms with Crippen LogP contribution in [0.25, 0.3) is 10.8 Å². The summed E-state index contributed by atoms with van der Waals surface area (Å²) < 4.78 is 5.54. The average Bonchev–Trinajstić information content (AvgIpc) is 2.55. The Morgan fingerprint density at radius 1 is 0.909 bits per heavy atom. The molecule has 0 radical (unpaired) electrons. The summed E-state index contributed by atoms with van der Waals surface area (Å²) in [5.41, 5.74) is -0.763. The van der Waals surface area contributed by atoms with Gasteiger partial charge < -0.3 is 25.2 Å². The molecular weight excluding hydrogens is 304 g/mol. The molecule has 0 spiro atoms. The van der Waals surface area contributed by atoms with E-state index in [1.165, 1.54) is 11.8 Å². The lowest BCUT2D eigenvalue weighted by molar-refractivity contribution is -0.205. The summed E-state index contributed by atoms with van der Waals surface area (Å²) in [4.78, 5) is 0.905. The maximum Gasteiger partial charge on any atom is 0.136 e. The Hall–Kier alpha value is -1.15. The smallest absolute Gasteiger partial charge is 0.136 e. The summed E-state index contributed by atoms with van der Waals surface area (Å²) in [6.45, 7) is -0.419. The SMILES string of the molecule is OCC1OC(Sc2cccc3ccccc23)C(O)C(O)C1O. The van der Waals surface area contributed by atoms with E-state index in [4.69, 9.17) is 4.74 Å². The molecule has 1 fully saturated rings. The largest absolute Gasteiger partial charge is 0.394 e. The fraction of sp³-hybridized carbons (Fsp3) is 0.375. The van der Waals surface area contributed by atoms with Gasteiger partial charge in [-0.25, -0.2) is 0 Å². The fourth-order valence-corrected chi connectivity index (χ4v) is 3.81. The molecule has 0 bridgehead atoms. The molecule has 4 N–H and O–H groups in total. The van der Waals surface area contributed by atoms with Crippen LogP contribution in [0.4, 0.5) is 0 Å². The van der Waals surface area contributed by atoms with Crippen molar-refractivity contribution < 1.29 is 25.2 Å². The lowest BCUT2D eigenvalue weighted by atomic mass is 10.0. The molecule has 5 atom stereocenters. The van der Waals surface area contributed by atoms with Gasteiger partial charge >= 0.3 is 0 Å². The summed E-state index contributed by atoms with van der Waals surface area (Å²) in [5, 5.41) is 41.1. The van der Waals surface area contributed by atoms with Crippen LogP contribution in [0.15, 0.2) is 47.4 Å². The van der Waals surface area contributed by atoms with Crippen LogP contribution in [0.5, 0.6) is 0 Å². The number of fused-ring (bicyclic) bond motifs is 1. The van der Waals surface area contributed by atoms with Crippen molar-refractivity contribution in [1.29, 1.82) is 0 Å². The number of hydrogen-bond acceptors (Lipinski definition) is 6. The summed E-state index contributed by atoms with van der Waals surface area (Å²) in [5.74, 6) is 0. The van der Waals surface area contributed by atoms with Gasteiger partial charge in [0.1, 0.15) is 29.9 Å². The second kappa shape index (κ2) is 6.54. The normalized spacial score (nSPS) is 32.3. The van der Waals surface area contributed by atoms with Crippen molar-refractivity contribution >= 4 is 22.5 Å². The fourth-order valence-electron chi connectivity index (χ4n) is 2.59. The third-order valence-electron chi connectivity index (χ3n) is 3.84. The first-order chi connectivity index (χ1) is 10.6. The van der Waals surface area contributed by atoms with Crippen LogP contribution < -0.4 is 0 Å². The van der Waals surface area contributed by atoms with Crippen LogP contribution in [-0.2, 0) is 4.74 Å². The highest BCUT2D eigenvalue weighted by Gasteiger charge is 2.43. The van der Waals surface area contributed by atoms with Gasteiger partial charge in [-0.05, 0) is 16.8 Å². The standard InChI is InChI=1S/C16H18O5S/c17-8-11-13(18)14(19)15(20)16(21-11)22-12-7-3-5-9-4-1-2-6-10(9)12/h1-7,11,13-20H,8H2. The van der Waals surface area contributed by atoms with Gasteiger partial charge in [0.2, 0.25) is 0 Å². The minimum atomic E-state index is -1.35. The molecule has 0 aromatic heterocycles. The van der Waals surface area contributed by atoms with E-state index in [-0.39, 0.29) is 0 Å². The molecule has 0 saturated carbocycles. The summed E-state index contributed by atoms with van der Waals surface area (Å²) in [6, 6.07) is 13.7. The summed E-state index contributed by atoms with van der Waals surface area (Å²) in [6.07, 6.45) is -4.80. The van der Waals surface area contributed by atoms with E-state index < -0.39 is 36.5 Å². The number of rotatable bonds is 3. The lowest BCUT2D eigenvalue weighted by Crippen LogP contribution is -2.57. The highest BCUT2D eigenvalue weighted by Crippen LogP contribution is 2.36. The molecule has 118 valence electrons. The van der Waals surface area contributed by atoms with E-state index in [1.807, 2.05) is 42.5 Å². The maximum absolute atomic E-state index is 10.1. The van der Waals surface area contributed by atoms with Gasteiger partial charge in [-0.2, -0.15) is 0 Å². The summed E-state index contributed by atoms with van der Waals surface area (Å²) in [7, 11) is 0. The topological polar surface area (TPSA) is 90.2 Å². The highest BCUT2D eigenvalue weighted by molar-refractivity contribution is 8.00. The van der Waals surface area contributed by atoms with Crippen LogP contribution in [0.2, 0.25) is 0 Å². The van der Waals surface area contributed by atoms with E-state index in [0.29, 0.717) is 0 Å². The van der Waals surface area contributed by atoms with Crippen molar-refractivity contribution in [3.8, 4) is 0 Å². The molecule has 0 aliphatic carbocycles. The van der Waals surface area contributed by atoms with Crippen molar-refractivity contribution in [2.24, 2.45) is 0 Å². The molecule has 1 aliphatic heterocycles. The van der Waals surface area contributed by atoms with Crippen LogP contribution >= 0.6 is 11.8 Å². The molecule has 2 aromatic rings. The van der Waals surface area contributed by atoms with Crippen LogP contribution in [0.1, 0.15) is 0 Å². The maximum atomic E-state index is 10.1. The van der Waals surface area contributed by atoms with Crippen LogP contribution in [0, 0.1) is 0 Å². The number of ether oxygens (including phenoxy) is 1.